The van der Waals surface area contributed by atoms with E-state index in [0.717, 1.165) is 19.0 Å². The lowest BCUT2D eigenvalue weighted by molar-refractivity contribution is 0.134. The molecule has 0 aliphatic carbocycles. The molecule has 102 valence electrons. The maximum absolute atomic E-state index is 5.66. The quantitative estimate of drug-likeness (QED) is 0.739. The van der Waals surface area contributed by atoms with E-state index < -0.39 is 0 Å². The number of nitrogens with zero attached hydrogens (tertiary/aromatic N) is 1. The van der Waals surface area contributed by atoms with Gasteiger partial charge in [-0.05, 0) is 63.6 Å². The Hall–Kier alpha value is -0.0800. The van der Waals surface area contributed by atoms with Gasteiger partial charge in [-0.25, -0.2) is 0 Å². The zero-order chi connectivity index (χ0) is 12.7. The molecule has 1 saturated heterocycles. The molecule has 0 aromatic carbocycles. The summed E-state index contributed by atoms with van der Waals surface area (Å²) in [4.78, 5) is 2.72. The highest BCUT2D eigenvalue weighted by Gasteiger charge is 2.22. The average molecular weight is 240 g/mol. The lowest BCUT2D eigenvalue weighted by Crippen LogP contribution is -2.39. The molecule has 1 rings (SSSR count). The van der Waals surface area contributed by atoms with Crippen molar-refractivity contribution < 1.29 is 0 Å². The highest BCUT2D eigenvalue weighted by molar-refractivity contribution is 4.77. The van der Waals surface area contributed by atoms with Gasteiger partial charge < -0.3 is 10.6 Å². The van der Waals surface area contributed by atoms with Crippen molar-refractivity contribution in [2.45, 2.75) is 71.8 Å². The predicted octanol–water partition coefficient (Wildman–Crippen LogP) is 3.41. The first kappa shape index (κ1) is 15.0. The summed E-state index contributed by atoms with van der Waals surface area (Å²) >= 11 is 0. The Morgan fingerprint density at radius 2 is 2.00 bits per heavy atom. The molecule has 2 heteroatoms. The van der Waals surface area contributed by atoms with Crippen LogP contribution < -0.4 is 5.73 Å². The summed E-state index contributed by atoms with van der Waals surface area (Å²) in [5.74, 6) is 0. The number of piperidine rings is 1. The zero-order valence-electron chi connectivity index (χ0n) is 12.2. The number of hydrogen-bond acceptors (Lipinski definition) is 2. The average Bonchev–Trinajstić information content (AvgIpc) is 2.29. The molecule has 1 aliphatic heterocycles. The van der Waals surface area contributed by atoms with Gasteiger partial charge in [-0.3, -0.25) is 0 Å². The van der Waals surface area contributed by atoms with Gasteiger partial charge in [0.05, 0.1) is 0 Å². The van der Waals surface area contributed by atoms with E-state index in [9.17, 15) is 0 Å². The largest absolute Gasteiger partial charge is 0.330 e. The topological polar surface area (TPSA) is 29.3 Å². The van der Waals surface area contributed by atoms with Gasteiger partial charge in [-0.2, -0.15) is 0 Å². The standard InChI is InChI=1S/C15H32N2/c1-4-14-8-5-6-12-17(14)13-7-9-15(2,3)10-11-16/h14H,4-13,16H2,1-3H3. The Morgan fingerprint density at radius 1 is 1.24 bits per heavy atom. The number of likely N-dealkylation sites (tertiary alicyclic amines) is 1. The van der Waals surface area contributed by atoms with Crippen molar-refractivity contribution in [1.82, 2.24) is 4.90 Å². The predicted molar refractivity (Wildman–Crippen MR) is 76.2 cm³/mol. The molecule has 0 aromatic heterocycles. The highest BCUT2D eigenvalue weighted by atomic mass is 15.2. The molecular weight excluding hydrogens is 208 g/mol. The minimum Gasteiger partial charge on any atom is -0.330 e. The van der Waals surface area contributed by atoms with Crippen LogP contribution in [0.1, 0.15) is 65.7 Å². The van der Waals surface area contributed by atoms with Gasteiger partial charge in [0.25, 0.3) is 0 Å². The van der Waals surface area contributed by atoms with Crippen LogP contribution in [-0.2, 0) is 0 Å². The lowest BCUT2D eigenvalue weighted by atomic mass is 9.84. The van der Waals surface area contributed by atoms with E-state index in [1.165, 1.54) is 51.6 Å². The second kappa shape index (κ2) is 7.38. The first-order chi connectivity index (χ1) is 8.09. The normalized spacial score (nSPS) is 22.9. The molecule has 0 radical (unpaired) electrons. The number of rotatable bonds is 7. The maximum Gasteiger partial charge on any atom is 0.00926 e. The van der Waals surface area contributed by atoms with Gasteiger partial charge >= 0.3 is 0 Å². The molecule has 1 heterocycles. The first-order valence-electron chi connectivity index (χ1n) is 7.53. The first-order valence-corrected chi connectivity index (χ1v) is 7.53. The Bertz CT molecular complexity index is 201. The summed E-state index contributed by atoms with van der Waals surface area (Å²) < 4.78 is 0. The summed E-state index contributed by atoms with van der Waals surface area (Å²) in [7, 11) is 0. The van der Waals surface area contributed by atoms with Crippen LogP contribution >= 0.6 is 0 Å². The van der Waals surface area contributed by atoms with E-state index in [1.54, 1.807) is 0 Å². The van der Waals surface area contributed by atoms with Crippen LogP contribution in [0.5, 0.6) is 0 Å². The van der Waals surface area contributed by atoms with Crippen molar-refractivity contribution >= 4 is 0 Å². The number of nitrogens with two attached hydrogens (primary N) is 1. The Balaban J connectivity index is 2.24. The van der Waals surface area contributed by atoms with Crippen LogP contribution in [0.3, 0.4) is 0 Å². The second-order valence-electron chi connectivity index (χ2n) is 6.40. The van der Waals surface area contributed by atoms with E-state index in [1.807, 2.05) is 0 Å². The van der Waals surface area contributed by atoms with Crippen molar-refractivity contribution in [3.05, 3.63) is 0 Å². The maximum atomic E-state index is 5.66. The molecule has 1 fully saturated rings. The van der Waals surface area contributed by atoms with Crippen molar-refractivity contribution in [1.29, 1.82) is 0 Å². The molecule has 0 spiro atoms. The van der Waals surface area contributed by atoms with Crippen molar-refractivity contribution in [3.63, 3.8) is 0 Å². The molecule has 17 heavy (non-hydrogen) atoms. The van der Waals surface area contributed by atoms with Crippen molar-refractivity contribution in [3.8, 4) is 0 Å². The Morgan fingerprint density at radius 3 is 2.65 bits per heavy atom. The van der Waals surface area contributed by atoms with Crippen LogP contribution in [-0.4, -0.2) is 30.6 Å². The molecule has 0 amide bonds. The van der Waals surface area contributed by atoms with Gasteiger partial charge in [-0.15, -0.1) is 0 Å². The highest BCUT2D eigenvalue weighted by Crippen LogP contribution is 2.27. The molecule has 1 atom stereocenters. The lowest BCUT2D eigenvalue weighted by Gasteiger charge is -2.36. The van der Waals surface area contributed by atoms with Crippen molar-refractivity contribution in [2.24, 2.45) is 11.1 Å². The van der Waals surface area contributed by atoms with E-state index >= 15 is 0 Å². The summed E-state index contributed by atoms with van der Waals surface area (Å²) in [5.41, 5.74) is 6.10. The van der Waals surface area contributed by atoms with Gasteiger partial charge in [-0.1, -0.05) is 27.2 Å². The fourth-order valence-electron chi connectivity index (χ4n) is 3.09. The van der Waals surface area contributed by atoms with Crippen LogP contribution in [0.2, 0.25) is 0 Å². The fourth-order valence-corrected chi connectivity index (χ4v) is 3.09. The minimum absolute atomic E-state index is 0.437. The van der Waals surface area contributed by atoms with Crippen LogP contribution in [0.4, 0.5) is 0 Å². The Labute approximate surface area is 108 Å². The molecule has 2 nitrogen and oxygen atoms in total. The van der Waals surface area contributed by atoms with Crippen LogP contribution in [0, 0.1) is 5.41 Å². The molecule has 2 N–H and O–H groups in total. The SMILES string of the molecule is CCC1CCCCN1CCCC(C)(C)CCN. The molecule has 1 aliphatic rings. The van der Waals surface area contributed by atoms with Crippen molar-refractivity contribution in [2.75, 3.05) is 19.6 Å². The van der Waals surface area contributed by atoms with Gasteiger partial charge in [0.15, 0.2) is 0 Å². The zero-order valence-corrected chi connectivity index (χ0v) is 12.2. The summed E-state index contributed by atoms with van der Waals surface area (Å²) in [6.07, 6.45) is 9.40. The van der Waals surface area contributed by atoms with Gasteiger partial charge in [0, 0.05) is 6.04 Å². The third-order valence-corrected chi connectivity index (χ3v) is 4.34. The van der Waals surface area contributed by atoms with Gasteiger partial charge in [0.1, 0.15) is 0 Å². The third kappa shape index (κ3) is 5.39. The van der Waals surface area contributed by atoms with E-state index in [-0.39, 0.29) is 0 Å². The Kier molecular flexibility index (Phi) is 6.50. The molecule has 0 aromatic rings. The van der Waals surface area contributed by atoms with Crippen LogP contribution in [0.25, 0.3) is 0 Å². The summed E-state index contributed by atoms with van der Waals surface area (Å²) in [5, 5.41) is 0. The monoisotopic (exact) mass is 240 g/mol. The second-order valence-corrected chi connectivity index (χ2v) is 6.40. The van der Waals surface area contributed by atoms with E-state index in [2.05, 4.69) is 25.7 Å². The molecule has 1 unspecified atom stereocenters. The molecular formula is C15H32N2. The summed E-state index contributed by atoms with van der Waals surface area (Å²) in [6, 6.07) is 0.862. The molecule has 0 bridgehead atoms. The summed E-state index contributed by atoms with van der Waals surface area (Å²) in [6.45, 7) is 10.5. The van der Waals surface area contributed by atoms with E-state index in [4.69, 9.17) is 5.73 Å². The van der Waals surface area contributed by atoms with Gasteiger partial charge in [0.2, 0.25) is 0 Å². The van der Waals surface area contributed by atoms with E-state index in [0.29, 0.717) is 5.41 Å². The minimum atomic E-state index is 0.437. The molecule has 0 saturated carbocycles. The number of hydrogen-bond donors (Lipinski definition) is 1. The van der Waals surface area contributed by atoms with Crippen LogP contribution in [0.15, 0.2) is 0 Å². The smallest absolute Gasteiger partial charge is 0.00926 e. The fraction of sp³-hybridized carbons (Fsp3) is 1.00. The third-order valence-electron chi connectivity index (χ3n) is 4.34.